The summed E-state index contributed by atoms with van der Waals surface area (Å²) in [5, 5.41) is 7.58. The van der Waals surface area contributed by atoms with Crippen LogP contribution < -0.4 is 10.6 Å². The highest BCUT2D eigenvalue weighted by atomic mass is 32.1. The molecule has 1 aliphatic rings. The predicted molar refractivity (Wildman–Crippen MR) is 112 cm³/mol. The van der Waals surface area contributed by atoms with Gasteiger partial charge < -0.3 is 10.6 Å². The highest BCUT2D eigenvalue weighted by molar-refractivity contribution is 7.19. The van der Waals surface area contributed by atoms with E-state index in [1.807, 2.05) is 12.1 Å². The van der Waals surface area contributed by atoms with Gasteiger partial charge in [0.25, 0.3) is 0 Å². The second-order valence-electron chi connectivity index (χ2n) is 7.67. The van der Waals surface area contributed by atoms with Crippen molar-refractivity contribution in [1.29, 1.82) is 0 Å². The number of thiophene rings is 1. The number of nitrogens with zero attached hydrogens (tertiary/aromatic N) is 3. The first-order valence-corrected chi connectivity index (χ1v) is 10.6. The van der Waals surface area contributed by atoms with Gasteiger partial charge in [0.15, 0.2) is 0 Å². The van der Waals surface area contributed by atoms with Crippen molar-refractivity contribution in [3.8, 4) is 0 Å². The van der Waals surface area contributed by atoms with Crippen LogP contribution in [0, 0.1) is 5.92 Å². The first-order chi connectivity index (χ1) is 13.6. The highest BCUT2D eigenvalue weighted by Crippen LogP contribution is 2.39. The molecule has 0 bridgehead atoms. The summed E-state index contributed by atoms with van der Waals surface area (Å²) in [5.74, 6) is 1.15. The van der Waals surface area contributed by atoms with Crippen LogP contribution in [0.15, 0.2) is 30.9 Å². The molecule has 146 valence electrons. The number of hydrogen-bond donors (Lipinski definition) is 2. The highest BCUT2D eigenvalue weighted by Gasteiger charge is 2.25. The summed E-state index contributed by atoms with van der Waals surface area (Å²) in [6.45, 7) is 4.72. The lowest BCUT2D eigenvalue weighted by molar-refractivity contribution is -0.122. The molecule has 3 aromatic rings. The van der Waals surface area contributed by atoms with E-state index in [0.717, 1.165) is 40.9 Å². The third-order valence-corrected chi connectivity index (χ3v) is 6.23. The van der Waals surface area contributed by atoms with Crippen LogP contribution in [0.1, 0.15) is 42.7 Å². The Balaban J connectivity index is 1.55. The summed E-state index contributed by atoms with van der Waals surface area (Å²) in [6.07, 6.45) is 9.21. The molecule has 6 nitrogen and oxygen atoms in total. The Bertz CT molecular complexity index is 970. The number of fused-ring (bicyclic) bond motifs is 3. The van der Waals surface area contributed by atoms with Crippen molar-refractivity contribution >= 4 is 33.3 Å². The van der Waals surface area contributed by atoms with Gasteiger partial charge in [0.05, 0.1) is 5.39 Å². The number of carbonyl (C=O) groups excluding carboxylic acids is 1. The van der Waals surface area contributed by atoms with Gasteiger partial charge in [0, 0.05) is 23.8 Å². The molecule has 0 unspecified atom stereocenters. The minimum atomic E-state index is -0.341. The van der Waals surface area contributed by atoms with Crippen LogP contribution in [0.2, 0.25) is 0 Å². The zero-order valence-electron chi connectivity index (χ0n) is 16.2. The summed E-state index contributed by atoms with van der Waals surface area (Å²) < 4.78 is 0. The summed E-state index contributed by atoms with van der Waals surface area (Å²) in [6, 6.07) is 3.49. The number of rotatable bonds is 7. The van der Waals surface area contributed by atoms with Crippen molar-refractivity contribution in [3.05, 3.63) is 46.9 Å². The fourth-order valence-electron chi connectivity index (χ4n) is 3.72. The molecule has 2 N–H and O–H groups in total. The maximum absolute atomic E-state index is 12.9. The average molecular weight is 396 g/mol. The topological polar surface area (TPSA) is 79.8 Å². The van der Waals surface area contributed by atoms with Crippen LogP contribution in [0.3, 0.4) is 0 Å². The lowest BCUT2D eigenvalue weighted by Gasteiger charge is -2.21. The SMILES string of the molecule is CC(C)C[C@@H](Nc1ncnc2sc3c(c12)CCC3)C(=O)NCc1cccnc1. The molecule has 0 saturated carbocycles. The molecule has 3 aromatic heterocycles. The Morgan fingerprint density at radius 2 is 2.18 bits per heavy atom. The van der Waals surface area contributed by atoms with Crippen molar-refractivity contribution in [1.82, 2.24) is 20.3 Å². The first-order valence-electron chi connectivity index (χ1n) is 9.80. The van der Waals surface area contributed by atoms with Crippen LogP contribution in [0.25, 0.3) is 10.2 Å². The van der Waals surface area contributed by atoms with E-state index in [1.54, 1.807) is 30.1 Å². The fraction of sp³-hybridized carbons (Fsp3) is 0.429. The van der Waals surface area contributed by atoms with Crippen molar-refractivity contribution in [2.45, 2.75) is 52.1 Å². The van der Waals surface area contributed by atoms with Gasteiger partial charge in [-0.05, 0) is 48.8 Å². The van der Waals surface area contributed by atoms with E-state index in [0.29, 0.717) is 12.5 Å². The molecular formula is C21H25N5OS. The van der Waals surface area contributed by atoms with Crippen LogP contribution in [-0.2, 0) is 24.2 Å². The summed E-state index contributed by atoms with van der Waals surface area (Å²) in [5.41, 5.74) is 2.35. The van der Waals surface area contributed by atoms with Gasteiger partial charge >= 0.3 is 0 Å². The molecule has 0 radical (unpaired) electrons. The minimum absolute atomic E-state index is 0.0174. The molecular weight excluding hydrogens is 370 g/mol. The van der Waals surface area contributed by atoms with Gasteiger partial charge in [-0.2, -0.15) is 0 Å². The summed E-state index contributed by atoms with van der Waals surface area (Å²) >= 11 is 1.76. The number of aryl methyl sites for hydroxylation is 2. The third-order valence-electron chi connectivity index (χ3n) is 5.03. The Morgan fingerprint density at radius 1 is 1.29 bits per heavy atom. The van der Waals surface area contributed by atoms with E-state index in [2.05, 4.69) is 39.4 Å². The van der Waals surface area contributed by atoms with Crippen LogP contribution >= 0.6 is 11.3 Å². The van der Waals surface area contributed by atoms with Gasteiger partial charge in [0.2, 0.25) is 5.91 Å². The zero-order chi connectivity index (χ0) is 19.5. The molecule has 3 heterocycles. The summed E-state index contributed by atoms with van der Waals surface area (Å²) in [7, 11) is 0. The van der Waals surface area contributed by atoms with E-state index in [4.69, 9.17) is 0 Å². The predicted octanol–water partition coefficient (Wildman–Crippen LogP) is 3.72. The molecule has 4 rings (SSSR count). The van der Waals surface area contributed by atoms with Gasteiger partial charge in [-0.25, -0.2) is 9.97 Å². The fourth-order valence-corrected chi connectivity index (χ4v) is 4.95. The molecule has 0 fully saturated rings. The largest absolute Gasteiger partial charge is 0.358 e. The number of aromatic nitrogens is 3. The van der Waals surface area contributed by atoms with Gasteiger partial charge in [-0.3, -0.25) is 9.78 Å². The Labute approximate surface area is 168 Å². The quantitative estimate of drug-likeness (QED) is 0.637. The first kappa shape index (κ1) is 18.8. The molecule has 1 amide bonds. The lowest BCUT2D eigenvalue weighted by atomic mass is 10.0. The van der Waals surface area contributed by atoms with Crippen LogP contribution in [0.5, 0.6) is 0 Å². The number of carbonyl (C=O) groups is 1. The Hall–Kier alpha value is -2.54. The lowest BCUT2D eigenvalue weighted by Crippen LogP contribution is -2.40. The average Bonchev–Trinajstić information content (AvgIpc) is 3.27. The van der Waals surface area contributed by atoms with E-state index in [-0.39, 0.29) is 11.9 Å². The Morgan fingerprint density at radius 3 is 2.96 bits per heavy atom. The van der Waals surface area contributed by atoms with Crippen molar-refractivity contribution < 1.29 is 4.79 Å². The second-order valence-corrected chi connectivity index (χ2v) is 8.75. The van der Waals surface area contributed by atoms with Gasteiger partial charge in [-0.1, -0.05) is 19.9 Å². The van der Waals surface area contributed by atoms with E-state index in [9.17, 15) is 4.79 Å². The Kier molecular flexibility index (Phi) is 5.52. The second kappa shape index (κ2) is 8.22. The number of nitrogens with one attached hydrogen (secondary N) is 2. The maximum atomic E-state index is 12.9. The van der Waals surface area contributed by atoms with E-state index < -0.39 is 0 Å². The van der Waals surface area contributed by atoms with E-state index in [1.165, 1.54) is 16.9 Å². The molecule has 1 atom stereocenters. The standard InChI is InChI=1S/C21H25N5OS/c1-13(2)9-16(20(27)23-11-14-5-4-8-22-10-14)26-19-18-15-6-3-7-17(15)28-21(18)25-12-24-19/h4-5,8,10,12-13,16H,3,6-7,9,11H2,1-2H3,(H,23,27)(H,24,25,26)/t16-/m1/s1. The molecule has 28 heavy (non-hydrogen) atoms. The smallest absolute Gasteiger partial charge is 0.242 e. The third kappa shape index (κ3) is 3.99. The van der Waals surface area contributed by atoms with Crippen molar-refractivity contribution in [2.75, 3.05) is 5.32 Å². The molecule has 0 aromatic carbocycles. The molecule has 1 aliphatic carbocycles. The van der Waals surface area contributed by atoms with Crippen LogP contribution in [-0.4, -0.2) is 26.9 Å². The summed E-state index contributed by atoms with van der Waals surface area (Å²) in [4.78, 5) is 28.4. The minimum Gasteiger partial charge on any atom is -0.358 e. The van der Waals surface area contributed by atoms with Crippen LogP contribution in [0.4, 0.5) is 5.82 Å². The zero-order valence-corrected chi connectivity index (χ0v) is 17.1. The normalized spacial score (nSPS) is 14.2. The van der Waals surface area contributed by atoms with E-state index >= 15 is 0 Å². The number of anilines is 1. The van der Waals surface area contributed by atoms with Crippen molar-refractivity contribution in [2.24, 2.45) is 5.92 Å². The molecule has 7 heteroatoms. The monoisotopic (exact) mass is 395 g/mol. The van der Waals surface area contributed by atoms with Gasteiger partial charge in [-0.15, -0.1) is 11.3 Å². The molecule has 0 spiro atoms. The molecule has 0 aliphatic heterocycles. The van der Waals surface area contributed by atoms with Gasteiger partial charge in [0.1, 0.15) is 23.0 Å². The molecule has 0 saturated heterocycles. The number of hydrogen-bond acceptors (Lipinski definition) is 6. The number of pyridine rings is 1. The number of amides is 1. The maximum Gasteiger partial charge on any atom is 0.242 e. The van der Waals surface area contributed by atoms with Crippen molar-refractivity contribution in [3.63, 3.8) is 0 Å².